The third-order valence-corrected chi connectivity index (χ3v) is 7.38. The summed E-state index contributed by atoms with van der Waals surface area (Å²) in [6, 6.07) is 24.1. The first-order chi connectivity index (χ1) is 15.4. The number of benzene rings is 2. The average molecular weight is 479 g/mol. The average Bonchev–Trinajstić information content (AvgIpc) is 3.39. The number of hydrogen-bond donors (Lipinski definition) is 0. The molecule has 0 bridgehead atoms. The molecule has 0 saturated heterocycles. The number of aryl methyl sites for hydroxylation is 2. The van der Waals surface area contributed by atoms with Gasteiger partial charge in [0.15, 0.2) is 5.78 Å². The Hall–Kier alpha value is -3.02. The largest absolute Gasteiger partial charge is 0.462 e. The number of thiophene rings is 2. The van der Waals surface area contributed by atoms with Crippen molar-refractivity contribution < 1.29 is 14.3 Å². The van der Waals surface area contributed by atoms with Crippen LogP contribution in [0.1, 0.15) is 51.7 Å². The molecule has 0 atom stereocenters. The lowest BCUT2D eigenvalue weighted by Crippen LogP contribution is -2.01. The molecule has 0 radical (unpaired) electrons. The van der Waals surface area contributed by atoms with E-state index < -0.39 is 0 Å². The van der Waals surface area contributed by atoms with Crippen LogP contribution in [0.3, 0.4) is 0 Å². The minimum absolute atomic E-state index is 0. The van der Waals surface area contributed by atoms with Crippen LogP contribution in [0, 0.1) is 13.8 Å². The third-order valence-electron chi connectivity index (χ3n) is 4.73. The number of esters is 1. The van der Waals surface area contributed by atoms with E-state index in [9.17, 15) is 9.59 Å². The zero-order valence-electron chi connectivity index (χ0n) is 18.7. The van der Waals surface area contributed by atoms with Crippen LogP contribution in [0.15, 0.2) is 72.8 Å². The molecule has 0 fully saturated rings. The molecular weight excluding hydrogens is 448 g/mol. The molecule has 172 valence electrons. The van der Waals surface area contributed by atoms with Crippen LogP contribution >= 0.6 is 22.7 Å². The predicted molar refractivity (Wildman–Crippen MR) is 142 cm³/mol. The summed E-state index contributed by atoms with van der Waals surface area (Å²) >= 11 is 3.06. The molecule has 0 spiro atoms. The maximum atomic E-state index is 11.6. The predicted octanol–water partition coefficient (Wildman–Crippen LogP) is 8.46. The first-order valence-corrected chi connectivity index (χ1v) is 12.0. The van der Waals surface area contributed by atoms with Crippen molar-refractivity contribution in [3.8, 4) is 20.9 Å². The summed E-state index contributed by atoms with van der Waals surface area (Å²) in [6.45, 7) is 7.90. The van der Waals surface area contributed by atoms with Crippen LogP contribution < -0.4 is 0 Å². The van der Waals surface area contributed by atoms with Crippen molar-refractivity contribution in [2.24, 2.45) is 0 Å². The van der Waals surface area contributed by atoms with Gasteiger partial charge in [-0.25, -0.2) is 4.79 Å². The zero-order chi connectivity index (χ0) is 23.1. The van der Waals surface area contributed by atoms with E-state index in [-0.39, 0.29) is 19.2 Å². The van der Waals surface area contributed by atoms with E-state index in [1.165, 1.54) is 27.3 Å². The highest BCUT2D eigenvalue weighted by molar-refractivity contribution is 7.18. The van der Waals surface area contributed by atoms with E-state index in [1.807, 2.05) is 81.4 Å². The van der Waals surface area contributed by atoms with Crippen molar-refractivity contribution in [1.29, 1.82) is 0 Å². The van der Waals surface area contributed by atoms with Crippen molar-refractivity contribution in [1.82, 2.24) is 0 Å². The molecule has 0 saturated carbocycles. The van der Waals surface area contributed by atoms with Crippen molar-refractivity contribution in [3.63, 3.8) is 0 Å². The van der Waals surface area contributed by atoms with Gasteiger partial charge in [-0.1, -0.05) is 68.1 Å². The van der Waals surface area contributed by atoms with Gasteiger partial charge in [-0.15, -0.1) is 22.7 Å². The number of ether oxygens (including phenoxy) is 1. The van der Waals surface area contributed by atoms with Gasteiger partial charge in [0, 0.05) is 9.75 Å². The van der Waals surface area contributed by atoms with Gasteiger partial charge in [-0.3, -0.25) is 4.79 Å². The molecule has 4 aromatic rings. The van der Waals surface area contributed by atoms with Gasteiger partial charge < -0.3 is 4.74 Å². The third kappa shape index (κ3) is 6.73. The summed E-state index contributed by atoms with van der Waals surface area (Å²) < 4.78 is 5.00. The molecule has 4 rings (SSSR count). The van der Waals surface area contributed by atoms with E-state index in [1.54, 1.807) is 18.3 Å². The molecule has 0 unspecified atom stereocenters. The highest BCUT2D eigenvalue weighted by Crippen LogP contribution is 2.33. The second-order valence-electron chi connectivity index (χ2n) is 7.25. The second-order valence-corrected chi connectivity index (χ2v) is 9.36. The summed E-state index contributed by atoms with van der Waals surface area (Å²) in [5, 5.41) is 0. The highest BCUT2D eigenvalue weighted by Gasteiger charge is 2.14. The minimum Gasteiger partial charge on any atom is -0.462 e. The minimum atomic E-state index is -0.234. The fraction of sp³-hybridized carbons (Fsp3) is 0.214. The molecular formula is C28H30O3S2. The van der Waals surface area contributed by atoms with Crippen molar-refractivity contribution in [3.05, 3.63) is 93.7 Å². The normalized spacial score (nSPS) is 9.94. The van der Waals surface area contributed by atoms with Crippen LogP contribution in [0.5, 0.6) is 0 Å². The topological polar surface area (TPSA) is 43.4 Å². The van der Waals surface area contributed by atoms with E-state index in [4.69, 9.17) is 4.74 Å². The number of carbonyl (C=O) groups is 2. The lowest BCUT2D eigenvalue weighted by atomic mass is 10.1. The standard InChI is InChI=1S/C14H14O2S.C13H12OS.CH4/c1-3-16-14(15)12-9-10(2)13(17-12)11-7-5-4-6-8-11;1-9-8-12(10(2)14)15-13(9)11-6-4-3-5-7-11;/h4-9H,3H2,1-2H3;3-8H,1-2H3;1H4. The number of carbonyl (C=O) groups excluding carboxylic acids is 2. The van der Waals surface area contributed by atoms with E-state index in [0.717, 1.165) is 20.9 Å². The number of rotatable bonds is 5. The Balaban J connectivity index is 0.000000228. The second kappa shape index (κ2) is 12.3. The summed E-state index contributed by atoms with van der Waals surface area (Å²) in [5.74, 6) is -0.0898. The summed E-state index contributed by atoms with van der Waals surface area (Å²) in [5.41, 5.74) is 4.62. The first-order valence-electron chi connectivity index (χ1n) is 10.4. The summed E-state index contributed by atoms with van der Waals surface area (Å²) in [7, 11) is 0. The van der Waals surface area contributed by atoms with Gasteiger partial charge in [0.1, 0.15) is 4.88 Å². The smallest absolute Gasteiger partial charge is 0.348 e. The molecule has 2 aromatic carbocycles. The molecule has 0 amide bonds. The lowest BCUT2D eigenvalue weighted by molar-refractivity contribution is 0.0532. The van der Waals surface area contributed by atoms with Crippen LogP contribution in [-0.4, -0.2) is 18.4 Å². The molecule has 0 aliphatic rings. The van der Waals surface area contributed by atoms with Crippen LogP contribution in [-0.2, 0) is 4.74 Å². The van der Waals surface area contributed by atoms with Crippen LogP contribution in [0.4, 0.5) is 0 Å². The summed E-state index contributed by atoms with van der Waals surface area (Å²) in [6.07, 6.45) is 0. The molecule has 33 heavy (non-hydrogen) atoms. The van der Waals surface area contributed by atoms with Gasteiger partial charge in [-0.05, 0) is 62.1 Å². The van der Waals surface area contributed by atoms with Gasteiger partial charge in [0.05, 0.1) is 11.5 Å². The highest BCUT2D eigenvalue weighted by atomic mass is 32.1. The first kappa shape index (κ1) is 26.2. The Labute approximate surface area is 204 Å². The number of hydrogen-bond acceptors (Lipinski definition) is 5. The van der Waals surface area contributed by atoms with Gasteiger partial charge >= 0.3 is 5.97 Å². The van der Waals surface area contributed by atoms with E-state index in [0.29, 0.717) is 11.5 Å². The fourth-order valence-electron chi connectivity index (χ4n) is 3.19. The molecule has 0 N–H and O–H groups in total. The Kier molecular flexibility index (Phi) is 9.76. The zero-order valence-corrected chi connectivity index (χ0v) is 20.3. The van der Waals surface area contributed by atoms with Crippen LogP contribution in [0.25, 0.3) is 20.9 Å². The van der Waals surface area contributed by atoms with Gasteiger partial charge in [-0.2, -0.15) is 0 Å². The van der Waals surface area contributed by atoms with E-state index in [2.05, 4.69) is 12.1 Å². The number of Topliss-reactive ketones (excluding diaryl/α,β-unsaturated/α-hetero) is 1. The Morgan fingerprint density at radius 3 is 1.58 bits per heavy atom. The Bertz CT molecular complexity index is 1190. The Morgan fingerprint density at radius 1 is 0.758 bits per heavy atom. The van der Waals surface area contributed by atoms with Gasteiger partial charge in [0.2, 0.25) is 0 Å². The lowest BCUT2D eigenvalue weighted by Gasteiger charge is -1.98. The quantitative estimate of drug-likeness (QED) is 0.213. The van der Waals surface area contributed by atoms with Gasteiger partial charge in [0.25, 0.3) is 0 Å². The monoisotopic (exact) mass is 478 g/mol. The van der Waals surface area contributed by atoms with Crippen molar-refractivity contribution >= 4 is 34.4 Å². The Morgan fingerprint density at radius 2 is 1.18 bits per heavy atom. The molecule has 2 heterocycles. The van der Waals surface area contributed by atoms with Crippen LogP contribution in [0.2, 0.25) is 0 Å². The van der Waals surface area contributed by atoms with Crippen molar-refractivity contribution in [2.75, 3.05) is 6.61 Å². The number of ketones is 1. The maximum Gasteiger partial charge on any atom is 0.348 e. The molecule has 0 aliphatic heterocycles. The fourth-order valence-corrected chi connectivity index (χ4v) is 5.34. The SMILES string of the molecule is C.CC(=O)c1cc(C)c(-c2ccccc2)s1.CCOC(=O)c1cc(C)c(-c2ccccc2)s1. The molecule has 2 aromatic heterocycles. The van der Waals surface area contributed by atoms with E-state index >= 15 is 0 Å². The molecule has 0 aliphatic carbocycles. The molecule has 5 heteroatoms. The maximum absolute atomic E-state index is 11.6. The summed E-state index contributed by atoms with van der Waals surface area (Å²) in [4.78, 5) is 26.7. The molecule has 3 nitrogen and oxygen atoms in total. The van der Waals surface area contributed by atoms with Crippen molar-refractivity contribution in [2.45, 2.75) is 35.1 Å².